The van der Waals surface area contributed by atoms with Crippen LogP contribution < -0.4 is 4.72 Å². The highest BCUT2D eigenvalue weighted by atomic mass is 32.2. The second kappa shape index (κ2) is 4.97. The molecular formula is C12H11F4NO3S. The molecule has 9 heteroatoms. The van der Waals surface area contributed by atoms with Crippen LogP contribution in [0.2, 0.25) is 0 Å². The lowest BCUT2D eigenvalue weighted by atomic mass is 10.2. The molecule has 0 spiro atoms. The number of halogens is 4. The molecule has 0 unspecified atom stereocenters. The highest BCUT2D eigenvalue weighted by Gasteiger charge is 2.42. The summed E-state index contributed by atoms with van der Waals surface area (Å²) in [5.41, 5.74) is -1.65. The first-order chi connectivity index (χ1) is 9.52. The van der Waals surface area contributed by atoms with E-state index in [2.05, 4.69) is 0 Å². The zero-order chi connectivity index (χ0) is 16.0. The number of sulfonamides is 1. The number of hydrogen-bond acceptors (Lipinski definition) is 3. The molecule has 0 heterocycles. The fourth-order valence-electron chi connectivity index (χ4n) is 1.91. The Morgan fingerprint density at radius 2 is 1.90 bits per heavy atom. The lowest BCUT2D eigenvalue weighted by molar-refractivity contribution is -0.140. The van der Waals surface area contributed by atoms with Crippen molar-refractivity contribution in [2.45, 2.75) is 24.4 Å². The van der Waals surface area contributed by atoms with Crippen LogP contribution in [0, 0.1) is 17.7 Å². The molecule has 2 atom stereocenters. The number of carbonyl (C=O) groups is 1. The second-order valence-electron chi connectivity index (χ2n) is 4.93. The van der Waals surface area contributed by atoms with Crippen molar-refractivity contribution in [3.05, 3.63) is 29.6 Å². The van der Waals surface area contributed by atoms with E-state index in [4.69, 9.17) is 0 Å². The molecule has 0 bridgehead atoms. The summed E-state index contributed by atoms with van der Waals surface area (Å²) in [7, 11) is -4.70. The first-order valence-corrected chi connectivity index (χ1v) is 7.44. The van der Waals surface area contributed by atoms with E-state index in [9.17, 15) is 30.8 Å². The maximum absolute atomic E-state index is 12.9. The Hall–Kier alpha value is -1.64. The molecule has 0 aliphatic heterocycles. The van der Waals surface area contributed by atoms with Gasteiger partial charge in [0.2, 0.25) is 5.91 Å². The summed E-state index contributed by atoms with van der Waals surface area (Å²) in [4.78, 5) is 10.4. The molecule has 21 heavy (non-hydrogen) atoms. The number of alkyl halides is 3. The minimum atomic E-state index is -5.05. The topological polar surface area (TPSA) is 63.2 Å². The summed E-state index contributed by atoms with van der Waals surface area (Å²) in [6, 6.07) is 1.16. The molecule has 1 N–H and O–H groups in total. The van der Waals surface area contributed by atoms with E-state index in [0.29, 0.717) is 18.6 Å². The molecule has 1 amide bonds. The van der Waals surface area contributed by atoms with Crippen molar-refractivity contribution in [2.24, 2.45) is 11.8 Å². The summed E-state index contributed by atoms with van der Waals surface area (Å²) < 4.78 is 76.7. The molecule has 0 saturated heterocycles. The Balaban J connectivity index is 2.38. The van der Waals surface area contributed by atoms with Crippen molar-refractivity contribution in [1.29, 1.82) is 0 Å². The Bertz CT molecular complexity index is 684. The van der Waals surface area contributed by atoms with Crippen LogP contribution in [0.4, 0.5) is 17.6 Å². The summed E-state index contributed by atoms with van der Waals surface area (Å²) >= 11 is 0. The lowest BCUT2D eigenvalue weighted by Crippen LogP contribution is -2.33. The molecule has 1 aromatic carbocycles. The monoisotopic (exact) mass is 325 g/mol. The Labute approximate surface area is 118 Å². The van der Waals surface area contributed by atoms with Crippen molar-refractivity contribution in [1.82, 2.24) is 4.72 Å². The van der Waals surface area contributed by atoms with Crippen molar-refractivity contribution in [2.75, 3.05) is 0 Å². The van der Waals surface area contributed by atoms with Gasteiger partial charge in [0.1, 0.15) is 5.82 Å². The maximum Gasteiger partial charge on any atom is 0.417 e. The molecular weight excluding hydrogens is 314 g/mol. The smallest absolute Gasteiger partial charge is 0.274 e. The quantitative estimate of drug-likeness (QED) is 0.868. The van der Waals surface area contributed by atoms with Gasteiger partial charge in [0.15, 0.2) is 0 Å². The van der Waals surface area contributed by atoms with Gasteiger partial charge in [-0.2, -0.15) is 13.2 Å². The Morgan fingerprint density at radius 3 is 2.38 bits per heavy atom. The van der Waals surface area contributed by atoms with Gasteiger partial charge in [0.05, 0.1) is 10.5 Å². The number of hydrogen-bond donors (Lipinski definition) is 1. The summed E-state index contributed by atoms with van der Waals surface area (Å²) in [6.07, 6.45) is -4.57. The van der Waals surface area contributed by atoms with Gasteiger partial charge >= 0.3 is 6.18 Å². The van der Waals surface area contributed by atoms with Gasteiger partial charge in [-0.05, 0) is 30.5 Å². The largest absolute Gasteiger partial charge is 0.417 e. The van der Waals surface area contributed by atoms with Crippen LogP contribution in [0.1, 0.15) is 18.9 Å². The molecule has 0 radical (unpaired) electrons. The van der Waals surface area contributed by atoms with E-state index in [1.807, 2.05) is 0 Å². The Kier molecular flexibility index (Phi) is 3.73. The average Bonchev–Trinajstić information content (AvgIpc) is 3.04. The molecule has 1 saturated carbocycles. The van der Waals surface area contributed by atoms with Crippen molar-refractivity contribution >= 4 is 15.9 Å². The molecule has 1 aliphatic rings. The highest BCUT2D eigenvalue weighted by molar-refractivity contribution is 7.90. The van der Waals surface area contributed by atoms with Crippen LogP contribution in [0.3, 0.4) is 0 Å². The van der Waals surface area contributed by atoms with E-state index in [-0.39, 0.29) is 12.0 Å². The van der Waals surface area contributed by atoms with Gasteiger partial charge in [-0.15, -0.1) is 0 Å². The molecule has 1 fully saturated rings. The molecule has 2 rings (SSSR count). The third-order valence-corrected chi connectivity index (χ3v) is 4.62. The highest BCUT2D eigenvalue weighted by Crippen LogP contribution is 2.38. The standard InChI is InChI=1S/C12H11F4NO3S/c1-6-4-8(6)11(18)17-21(19,20)10-3-2-7(13)5-9(10)12(14,15)16/h2-3,5-6,8H,4H2,1H3,(H,17,18)/t6-,8+/m1/s1. The third kappa shape index (κ3) is 3.34. The third-order valence-electron chi connectivity index (χ3n) is 3.22. The summed E-state index contributed by atoms with van der Waals surface area (Å²) in [5, 5.41) is 0. The molecule has 116 valence electrons. The number of amides is 1. The van der Waals surface area contributed by atoms with Crippen molar-refractivity contribution in [3.63, 3.8) is 0 Å². The lowest BCUT2D eigenvalue weighted by Gasteiger charge is -2.14. The van der Waals surface area contributed by atoms with E-state index in [0.717, 1.165) is 0 Å². The normalized spacial score (nSPS) is 22.0. The SMILES string of the molecule is C[C@@H]1C[C@@H]1C(=O)NS(=O)(=O)c1ccc(F)cc1C(F)(F)F. The minimum Gasteiger partial charge on any atom is -0.274 e. The zero-order valence-electron chi connectivity index (χ0n) is 10.7. The van der Waals surface area contributed by atoms with Crippen molar-refractivity contribution < 1.29 is 30.8 Å². The second-order valence-corrected chi connectivity index (χ2v) is 6.58. The molecule has 1 aromatic rings. The average molecular weight is 325 g/mol. The van der Waals surface area contributed by atoms with Crippen molar-refractivity contribution in [3.8, 4) is 0 Å². The van der Waals surface area contributed by atoms with E-state index in [1.165, 1.54) is 0 Å². The minimum absolute atomic E-state index is 0.00416. The fourth-order valence-corrected chi connectivity index (χ4v) is 3.15. The number of carbonyl (C=O) groups excluding carboxylic acids is 1. The van der Waals surface area contributed by atoms with Gasteiger partial charge in [-0.3, -0.25) is 4.79 Å². The fraction of sp³-hybridized carbons (Fsp3) is 0.417. The van der Waals surface area contributed by atoms with Crippen LogP contribution in [0.5, 0.6) is 0 Å². The first-order valence-electron chi connectivity index (χ1n) is 5.96. The summed E-state index contributed by atoms with van der Waals surface area (Å²) in [6.45, 7) is 1.72. The first kappa shape index (κ1) is 15.7. The van der Waals surface area contributed by atoms with Gasteiger partial charge in [-0.1, -0.05) is 6.92 Å². The maximum atomic E-state index is 12.9. The molecule has 0 aromatic heterocycles. The van der Waals surface area contributed by atoms with Gasteiger partial charge < -0.3 is 0 Å². The van der Waals surface area contributed by atoms with Crippen LogP contribution in [-0.4, -0.2) is 14.3 Å². The number of rotatable bonds is 3. The van der Waals surface area contributed by atoms with Gasteiger partial charge in [-0.25, -0.2) is 17.5 Å². The van der Waals surface area contributed by atoms with Gasteiger partial charge in [0, 0.05) is 5.92 Å². The summed E-state index contributed by atoms with van der Waals surface area (Å²) in [5.74, 6) is -2.59. The van der Waals surface area contributed by atoms with Gasteiger partial charge in [0.25, 0.3) is 10.0 Å². The van der Waals surface area contributed by atoms with Crippen LogP contribution in [-0.2, 0) is 21.0 Å². The van der Waals surface area contributed by atoms with E-state index < -0.39 is 44.3 Å². The number of nitrogens with one attached hydrogen (secondary N) is 1. The van der Waals surface area contributed by atoms with Crippen LogP contribution in [0.25, 0.3) is 0 Å². The van der Waals surface area contributed by atoms with E-state index in [1.54, 1.807) is 11.6 Å². The predicted molar refractivity (Wildman–Crippen MR) is 64.0 cm³/mol. The molecule has 4 nitrogen and oxygen atoms in total. The van der Waals surface area contributed by atoms with E-state index >= 15 is 0 Å². The zero-order valence-corrected chi connectivity index (χ0v) is 11.6. The molecule has 1 aliphatic carbocycles. The van der Waals surface area contributed by atoms with Crippen LogP contribution >= 0.6 is 0 Å². The predicted octanol–water partition coefficient (Wildman–Crippen LogP) is 2.31. The Morgan fingerprint density at radius 1 is 1.33 bits per heavy atom. The van der Waals surface area contributed by atoms with Crippen LogP contribution in [0.15, 0.2) is 23.1 Å². The number of benzene rings is 1.